The molecule has 0 N–H and O–H groups in total. The number of esters is 1. The Bertz CT molecular complexity index is 176. The van der Waals surface area contributed by atoms with Gasteiger partial charge in [-0.25, -0.2) is 9.53 Å². The molecule has 0 aromatic rings. The molecule has 56 valence electrons. The van der Waals surface area contributed by atoms with Crippen molar-refractivity contribution in [1.82, 2.24) is 0 Å². The Morgan fingerprint density at radius 1 is 1.90 bits per heavy atom. The fraction of sp³-hybridized carbons (Fsp3) is 0.667. The topological polar surface area (TPSA) is 52.4 Å². The van der Waals surface area contributed by atoms with Crippen molar-refractivity contribution in [3.63, 3.8) is 0 Å². The molecule has 1 atom stereocenters. The van der Waals surface area contributed by atoms with Gasteiger partial charge in [0.25, 0.3) is 6.04 Å². The van der Waals surface area contributed by atoms with Crippen molar-refractivity contribution < 1.29 is 14.3 Å². The molecule has 0 bridgehead atoms. The third-order valence-corrected chi connectivity index (χ3v) is 1.53. The van der Waals surface area contributed by atoms with Crippen LogP contribution in [0.15, 0.2) is 0 Å². The van der Waals surface area contributed by atoms with E-state index >= 15 is 0 Å². The van der Waals surface area contributed by atoms with E-state index in [9.17, 15) is 10.0 Å². The van der Waals surface area contributed by atoms with Crippen LogP contribution in [0.5, 0.6) is 0 Å². The van der Waals surface area contributed by atoms with Crippen LogP contribution < -0.4 is 0 Å². The average molecular weight is 143 g/mol. The van der Waals surface area contributed by atoms with Gasteiger partial charge in [0.15, 0.2) is 6.21 Å². The van der Waals surface area contributed by atoms with Crippen LogP contribution >= 0.6 is 0 Å². The van der Waals surface area contributed by atoms with Crippen LogP contribution in [0.4, 0.5) is 0 Å². The van der Waals surface area contributed by atoms with Crippen molar-refractivity contribution in [2.24, 2.45) is 0 Å². The molecule has 1 heterocycles. The Morgan fingerprint density at radius 3 is 3.00 bits per heavy atom. The number of carbonyl (C=O) groups is 1. The predicted molar refractivity (Wildman–Crippen MR) is 34.7 cm³/mol. The number of carbonyl (C=O) groups excluding carboxylic acids is 1. The number of hydrogen-bond acceptors (Lipinski definition) is 3. The van der Waals surface area contributed by atoms with Crippen molar-refractivity contribution in [3.05, 3.63) is 5.21 Å². The van der Waals surface area contributed by atoms with Gasteiger partial charge in [-0.05, 0) is 0 Å². The largest absolute Gasteiger partial charge is 0.623 e. The van der Waals surface area contributed by atoms with Gasteiger partial charge in [0.1, 0.15) is 0 Å². The molecule has 10 heavy (non-hydrogen) atoms. The molecule has 1 aliphatic rings. The highest BCUT2D eigenvalue weighted by atomic mass is 16.5. The first-order valence-electron chi connectivity index (χ1n) is 3.12. The average Bonchev–Trinajstić information content (AvgIpc) is 2.34. The van der Waals surface area contributed by atoms with E-state index in [4.69, 9.17) is 0 Å². The smallest absolute Gasteiger partial charge is 0.376 e. The molecule has 4 heteroatoms. The van der Waals surface area contributed by atoms with E-state index in [1.54, 1.807) is 0 Å². The maximum absolute atomic E-state index is 10.7. The third-order valence-electron chi connectivity index (χ3n) is 1.53. The first-order valence-corrected chi connectivity index (χ1v) is 3.12. The first-order chi connectivity index (χ1) is 4.75. The van der Waals surface area contributed by atoms with Crippen LogP contribution in [0.1, 0.15) is 12.8 Å². The van der Waals surface area contributed by atoms with Gasteiger partial charge in [-0.15, -0.1) is 0 Å². The van der Waals surface area contributed by atoms with Crippen LogP contribution in [0.2, 0.25) is 0 Å². The SMILES string of the molecule is COC(=O)C1CCC=[N+]1[O-]. The van der Waals surface area contributed by atoms with Gasteiger partial charge in [-0.3, -0.25) is 0 Å². The Morgan fingerprint density at radius 2 is 2.60 bits per heavy atom. The number of ether oxygens (including phenoxy) is 1. The van der Waals surface area contributed by atoms with Crippen LogP contribution in [0, 0.1) is 5.21 Å². The summed E-state index contributed by atoms with van der Waals surface area (Å²) in [5.41, 5.74) is 0. The summed E-state index contributed by atoms with van der Waals surface area (Å²) in [6, 6.07) is -0.593. The lowest BCUT2D eigenvalue weighted by Crippen LogP contribution is -2.27. The summed E-state index contributed by atoms with van der Waals surface area (Å²) in [6.45, 7) is 0. The normalized spacial score (nSPS) is 24.1. The van der Waals surface area contributed by atoms with Crippen LogP contribution in [0.25, 0.3) is 0 Å². The Hall–Kier alpha value is -1.06. The highest BCUT2D eigenvalue weighted by Crippen LogP contribution is 2.08. The standard InChI is InChI=1S/C6H9NO3/c1-10-6(8)5-3-2-4-7(5)9/h4-5H,2-3H2,1H3. The molecule has 0 radical (unpaired) electrons. The summed E-state index contributed by atoms with van der Waals surface area (Å²) >= 11 is 0. The molecule has 0 amide bonds. The van der Waals surface area contributed by atoms with Crippen LogP contribution in [-0.2, 0) is 9.53 Å². The summed E-state index contributed by atoms with van der Waals surface area (Å²) in [7, 11) is 1.29. The summed E-state index contributed by atoms with van der Waals surface area (Å²) in [5, 5.41) is 10.7. The molecule has 1 rings (SSSR count). The minimum absolute atomic E-state index is 0.441. The van der Waals surface area contributed by atoms with Gasteiger partial charge >= 0.3 is 5.97 Å². The zero-order chi connectivity index (χ0) is 7.56. The maximum atomic E-state index is 10.7. The highest BCUT2D eigenvalue weighted by Gasteiger charge is 2.30. The number of nitrogens with zero attached hydrogens (tertiary/aromatic N) is 1. The molecule has 1 aliphatic heterocycles. The van der Waals surface area contributed by atoms with E-state index in [2.05, 4.69) is 4.74 Å². The monoisotopic (exact) mass is 143 g/mol. The van der Waals surface area contributed by atoms with E-state index in [1.165, 1.54) is 13.3 Å². The second-order valence-electron chi connectivity index (χ2n) is 2.16. The Labute approximate surface area is 58.7 Å². The molecule has 0 fully saturated rings. The zero-order valence-corrected chi connectivity index (χ0v) is 5.74. The van der Waals surface area contributed by atoms with E-state index < -0.39 is 12.0 Å². The highest BCUT2D eigenvalue weighted by molar-refractivity contribution is 5.76. The van der Waals surface area contributed by atoms with Crippen molar-refractivity contribution in [3.8, 4) is 0 Å². The van der Waals surface area contributed by atoms with Gasteiger partial charge in [0.05, 0.1) is 7.11 Å². The summed E-state index contributed by atoms with van der Waals surface area (Å²) < 4.78 is 5.06. The van der Waals surface area contributed by atoms with Gasteiger partial charge < -0.3 is 9.94 Å². The minimum atomic E-state index is -0.593. The molecule has 0 spiro atoms. The van der Waals surface area contributed by atoms with E-state index in [0.29, 0.717) is 17.6 Å². The number of hydrogen-bond donors (Lipinski definition) is 0. The van der Waals surface area contributed by atoms with Gasteiger partial charge in [0.2, 0.25) is 0 Å². The number of rotatable bonds is 1. The minimum Gasteiger partial charge on any atom is -0.623 e. The lowest BCUT2D eigenvalue weighted by Gasteiger charge is -2.07. The predicted octanol–water partition coefficient (Wildman–Crippen LogP) is -0.0971. The lowest BCUT2D eigenvalue weighted by molar-refractivity contribution is -0.476. The molecule has 1 unspecified atom stereocenters. The molecule has 0 aromatic heterocycles. The van der Waals surface area contributed by atoms with E-state index in [0.717, 1.165) is 0 Å². The molecule has 4 nitrogen and oxygen atoms in total. The fourth-order valence-electron chi connectivity index (χ4n) is 0.972. The molecular formula is C6H9NO3. The van der Waals surface area contributed by atoms with Gasteiger partial charge in [0, 0.05) is 12.8 Å². The maximum Gasteiger partial charge on any atom is 0.376 e. The second kappa shape index (κ2) is 2.68. The molecular weight excluding hydrogens is 134 g/mol. The van der Waals surface area contributed by atoms with E-state index in [1.807, 2.05) is 0 Å². The van der Waals surface area contributed by atoms with Crippen LogP contribution in [-0.4, -0.2) is 30.1 Å². The summed E-state index contributed by atoms with van der Waals surface area (Å²) in [6.07, 6.45) is 2.71. The van der Waals surface area contributed by atoms with Crippen molar-refractivity contribution in [2.75, 3.05) is 7.11 Å². The quantitative estimate of drug-likeness (QED) is 0.292. The van der Waals surface area contributed by atoms with Gasteiger partial charge in [-0.1, -0.05) is 0 Å². The third kappa shape index (κ3) is 1.10. The Kier molecular flexibility index (Phi) is 1.89. The fourth-order valence-corrected chi connectivity index (χ4v) is 0.972. The van der Waals surface area contributed by atoms with Crippen molar-refractivity contribution in [2.45, 2.75) is 18.9 Å². The molecule has 0 saturated heterocycles. The molecule has 0 aromatic carbocycles. The van der Waals surface area contributed by atoms with Crippen molar-refractivity contribution in [1.29, 1.82) is 0 Å². The van der Waals surface area contributed by atoms with E-state index in [-0.39, 0.29) is 0 Å². The van der Waals surface area contributed by atoms with Gasteiger partial charge in [-0.2, -0.15) is 0 Å². The zero-order valence-electron chi connectivity index (χ0n) is 5.74. The summed E-state index contributed by atoms with van der Waals surface area (Å²) in [4.78, 5) is 10.7. The summed E-state index contributed by atoms with van der Waals surface area (Å²) in [5.74, 6) is -0.441. The second-order valence-corrected chi connectivity index (χ2v) is 2.16. The molecule has 0 saturated carbocycles. The lowest BCUT2D eigenvalue weighted by atomic mass is 10.2. The first kappa shape index (κ1) is 7.05. The number of hydroxylamine groups is 1. The number of methoxy groups -OCH3 is 1. The van der Waals surface area contributed by atoms with Crippen LogP contribution in [0.3, 0.4) is 0 Å². The Balaban J connectivity index is 2.57. The molecule has 0 aliphatic carbocycles. The van der Waals surface area contributed by atoms with Crippen molar-refractivity contribution >= 4 is 12.2 Å².